The summed E-state index contributed by atoms with van der Waals surface area (Å²) in [6, 6.07) is 3.66. The molecule has 0 radical (unpaired) electrons. The fraction of sp³-hybridized carbons (Fsp3) is 0.455. The van der Waals surface area contributed by atoms with Crippen LogP contribution < -0.4 is 5.32 Å². The number of thiophene rings is 1. The van der Waals surface area contributed by atoms with Gasteiger partial charge in [0.2, 0.25) is 0 Å². The smallest absolute Gasteiger partial charge is 0.341 e. The number of non-ortho nitro benzene ring substituents is 1. The third-order valence-electron chi connectivity index (χ3n) is 6.31. The van der Waals surface area contributed by atoms with E-state index in [4.69, 9.17) is 16.3 Å². The molecule has 1 aromatic carbocycles. The summed E-state index contributed by atoms with van der Waals surface area (Å²) < 4.78 is 4.99. The molecular weight excluding hydrogens is 440 g/mol. The van der Waals surface area contributed by atoms with Gasteiger partial charge < -0.3 is 10.1 Å². The van der Waals surface area contributed by atoms with E-state index >= 15 is 0 Å². The Morgan fingerprint density at radius 2 is 2.10 bits per heavy atom. The third kappa shape index (κ3) is 4.60. The van der Waals surface area contributed by atoms with Crippen molar-refractivity contribution < 1.29 is 19.2 Å². The van der Waals surface area contributed by atoms with Crippen LogP contribution in [-0.2, 0) is 17.6 Å². The number of carbonyl (C=O) groups excluding carboxylic acids is 2. The highest BCUT2D eigenvalue weighted by Crippen LogP contribution is 2.45. The summed E-state index contributed by atoms with van der Waals surface area (Å²) in [6.07, 6.45) is 3.62. The lowest BCUT2D eigenvalue weighted by Gasteiger charge is -2.36. The number of halogens is 1. The Morgan fingerprint density at radius 1 is 1.39 bits per heavy atom. The molecule has 0 saturated heterocycles. The van der Waals surface area contributed by atoms with Crippen molar-refractivity contribution in [2.24, 2.45) is 11.3 Å². The third-order valence-corrected chi connectivity index (χ3v) is 7.79. The van der Waals surface area contributed by atoms with E-state index in [9.17, 15) is 19.7 Å². The minimum atomic E-state index is -0.579. The number of nitro groups is 1. The van der Waals surface area contributed by atoms with E-state index < -0.39 is 16.8 Å². The standard InChI is InChI=1S/C22H25ClN2O5S/c1-5-22(2,3)12-6-8-15-17(10-12)31-20(18(15)21(27)30-4)24-19(26)14-9-7-13(25(28)29)11-16(14)23/h7,9,11-12H,5-6,8,10H2,1-4H3,(H,24,26). The molecule has 0 aliphatic heterocycles. The maximum Gasteiger partial charge on any atom is 0.341 e. The summed E-state index contributed by atoms with van der Waals surface area (Å²) in [6.45, 7) is 6.71. The van der Waals surface area contributed by atoms with Gasteiger partial charge in [0.05, 0.1) is 28.2 Å². The molecular formula is C22H25ClN2O5S. The molecule has 9 heteroatoms. The Bertz CT molecular complexity index is 1050. The van der Waals surface area contributed by atoms with Crippen molar-refractivity contribution in [3.63, 3.8) is 0 Å². The van der Waals surface area contributed by atoms with Crippen molar-refractivity contribution in [1.29, 1.82) is 0 Å². The number of hydrogen-bond donors (Lipinski definition) is 1. The van der Waals surface area contributed by atoms with E-state index in [1.807, 2.05) is 0 Å². The first kappa shape index (κ1) is 23.2. The van der Waals surface area contributed by atoms with Crippen LogP contribution in [0.1, 0.15) is 64.8 Å². The van der Waals surface area contributed by atoms with E-state index in [1.54, 1.807) is 0 Å². The minimum Gasteiger partial charge on any atom is -0.465 e. The number of methoxy groups -OCH3 is 1. The average Bonchev–Trinajstić information content (AvgIpc) is 3.09. The molecule has 1 atom stereocenters. The van der Waals surface area contributed by atoms with Gasteiger partial charge in [0, 0.05) is 17.0 Å². The molecule has 3 rings (SSSR count). The molecule has 166 valence electrons. The first-order chi connectivity index (χ1) is 14.6. The second-order valence-corrected chi connectivity index (χ2v) is 9.87. The van der Waals surface area contributed by atoms with Crippen LogP contribution in [-0.4, -0.2) is 23.9 Å². The molecule has 0 fully saturated rings. The van der Waals surface area contributed by atoms with Crippen LogP contribution in [0.2, 0.25) is 5.02 Å². The van der Waals surface area contributed by atoms with E-state index in [1.165, 1.54) is 30.6 Å². The molecule has 0 saturated carbocycles. The molecule has 0 spiro atoms. The quantitative estimate of drug-likeness (QED) is 0.326. The van der Waals surface area contributed by atoms with Gasteiger partial charge >= 0.3 is 5.97 Å². The van der Waals surface area contributed by atoms with Crippen LogP contribution in [0.25, 0.3) is 0 Å². The van der Waals surface area contributed by atoms with Crippen molar-refractivity contribution >= 4 is 45.5 Å². The van der Waals surface area contributed by atoms with E-state index in [2.05, 4.69) is 26.1 Å². The largest absolute Gasteiger partial charge is 0.465 e. The number of fused-ring (bicyclic) bond motifs is 1. The normalized spacial score (nSPS) is 15.8. The lowest BCUT2D eigenvalue weighted by atomic mass is 9.69. The second-order valence-electron chi connectivity index (χ2n) is 8.36. The Morgan fingerprint density at radius 3 is 2.68 bits per heavy atom. The fourth-order valence-corrected chi connectivity index (χ4v) is 5.49. The number of nitro benzene ring substituents is 1. The van der Waals surface area contributed by atoms with Crippen molar-refractivity contribution in [2.45, 2.75) is 46.5 Å². The van der Waals surface area contributed by atoms with Gasteiger partial charge in [-0.15, -0.1) is 11.3 Å². The Balaban J connectivity index is 1.94. The van der Waals surface area contributed by atoms with Crippen molar-refractivity contribution in [3.05, 3.63) is 54.9 Å². The maximum absolute atomic E-state index is 12.9. The zero-order chi connectivity index (χ0) is 22.9. The number of rotatable bonds is 6. The molecule has 1 aliphatic carbocycles. The number of esters is 1. The first-order valence-corrected chi connectivity index (χ1v) is 11.3. The molecule has 0 bridgehead atoms. The van der Waals surface area contributed by atoms with Gasteiger partial charge in [0.15, 0.2) is 0 Å². The van der Waals surface area contributed by atoms with Gasteiger partial charge in [-0.2, -0.15) is 0 Å². The molecule has 1 aliphatic rings. The maximum atomic E-state index is 12.9. The summed E-state index contributed by atoms with van der Waals surface area (Å²) in [5, 5.41) is 14.1. The lowest BCUT2D eigenvalue weighted by Crippen LogP contribution is -2.28. The molecule has 1 heterocycles. The predicted octanol–water partition coefficient (Wildman–Crippen LogP) is 5.89. The van der Waals surface area contributed by atoms with E-state index in [0.717, 1.165) is 42.2 Å². The van der Waals surface area contributed by atoms with Crippen molar-refractivity contribution in [2.75, 3.05) is 12.4 Å². The van der Waals surface area contributed by atoms with E-state index in [-0.39, 0.29) is 21.7 Å². The monoisotopic (exact) mass is 464 g/mol. The predicted molar refractivity (Wildman–Crippen MR) is 121 cm³/mol. The zero-order valence-electron chi connectivity index (χ0n) is 17.9. The molecule has 1 aromatic heterocycles. The molecule has 7 nitrogen and oxygen atoms in total. The highest BCUT2D eigenvalue weighted by atomic mass is 35.5. The average molecular weight is 465 g/mol. The first-order valence-electron chi connectivity index (χ1n) is 10.1. The van der Waals surface area contributed by atoms with Crippen LogP contribution >= 0.6 is 22.9 Å². The summed E-state index contributed by atoms with van der Waals surface area (Å²) in [4.78, 5) is 36.8. The highest BCUT2D eigenvalue weighted by molar-refractivity contribution is 7.17. The van der Waals surface area contributed by atoms with Crippen LogP contribution in [0.5, 0.6) is 0 Å². The number of amides is 1. The van der Waals surface area contributed by atoms with Gasteiger partial charge in [-0.05, 0) is 42.2 Å². The van der Waals surface area contributed by atoms with Gasteiger partial charge in [-0.3, -0.25) is 14.9 Å². The molecule has 31 heavy (non-hydrogen) atoms. The van der Waals surface area contributed by atoms with Crippen LogP contribution in [0.4, 0.5) is 10.7 Å². The van der Waals surface area contributed by atoms with Gasteiger partial charge in [0.1, 0.15) is 5.00 Å². The fourth-order valence-electron chi connectivity index (χ4n) is 3.92. The second kappa shape index (κ2) is 8.96. The molecule has 1 amide bonds. The van der Waals surface area contributed by atoms with Crippen LogP contribution in [0.3, 0.4) is 0 Å². The van der Waals surface area contributed by atoms with Crippen LogP contribution in [0, 0.1) is 21.4 Å². The number of hydrogen-bond acceptors (Lipinski definition) is 6. The van der Waals surface area contributed by atoms with Gasteiger partial charge in [-0.1, -0.05) is 38.8 Å². The molecule has 1 N–H and O–H groups in total. The Hall–Kier alpha value is -2.45. The van der Waals surface area contributed by atoms with Crippen molar-refractivity contribution in [1.82, 2.24) is 0 Å². The number of nitrogens with zero attached hydrogens (tertiary/aromatic N) is 1. The van der Waals surface area contributed by atoms with Crippen molar-refractivity contribution in [3.8, 4) is 0 Å². The lowest BCUT2D eigenvalue weighted by molar-refractivity contribution is -0.384. The Labute approximate surface area is 189 Å². The number of anilines is 1. The van der Waals surface area contributed by atoms with Gasteiger partial charge in [0.25, 0.3) is 11.6 Å². The number of nitrogens with one attached hydrogen (secondary N) is 1. The molecule has 1 unspecified atom stereocenters. The summed E-state index contributed by atoms with van der Waals surface area (Å²) in [5.74, 6) is -0.535. The van der Waals surface area contributed by atoms with E-state index in [0.29, 0.717) is 16.5 Å². The Kier molecular flexibility index (Phi) is 6.71. The summed E-state index contributed by atoms with van der Waals surface area (Å²) in [5.41, 5.74) is 1.40. The minimum absolute atomic E-state index is 0.0302. The highest BCUT2D eigenvalue weighted by Gasteiger charge is 2.35. The SMILES string of the molecule is CCC(C)(C)C1CCc2c(sc(NC(=O)c3ccc([N+](=O)[O-])cc3Cl)c2C(=O)OC)C1. The topological polar surface area (TPSA) is 98.5 Å². The summed E-state index contributed by atoms with van der Waals surface area (Å²) in [7, 11) is 1.32. The number of benzene rings is 1. The number of ether oxygens (including phenoxy) is 1. The molecule has 2 aromatic rings. The summed E-state index contributed by atoms with van der Waals surface area (Å²) >= 11 is 7.49. The zero-order valence-corrected chi connectivity index (χ0v) is 19.5. The van der Waals surface area contributed by atoms with Crippen LogP contribution in [0.15, 0.2) is 18.2 Å². The van der Waals surface area contributed by atoms with Gasteiger partial charge in [-0.25, -0.2) is 4.79 Å². The number of carbonyl (C=O) groups is 2.